The Labute approximate surface area is 142 Å². The van der Waals surface area contributed by atoms with E-state index < -0.39 is 0 Å². The quantitative estimate of drug-likeness (QED) is 0.830. The Morgan fingerprint density at radius 1 is 1.29 bits per heavy atom. The third-order valence-corrected chi connectivity index (χ3v) is 4.17. The van der Waals surface area contributed by atoms with Gasteiger partial charge in [-0.15, -0.1) is 4.59 Å². The molecule has 1 aromatic heterocycles. The number of quaternary nitrogens is 1. The predicted octanol–water partition coefficient (Wildman–Crippen LogP) is 2.61. The lowest BCUT2D eigenvalue weighted by Crippen LogP contribution is -2.61. The highest BCUT2D eigenvalue weighted by Crippen LogP contribution is 2.41. The van der Waals surface area contributed by atoms with E-state index in [1.165, 1.54) is 0 Å². The number of aromatic nitrogens is 1. The van der Waals surface area contributed by atoms with E-state index in [0.29, 0.717) is 6.54 Å². The zero-order valence-corrected chi connectivity index (χ0v) is 14.5. The van der Waals surface area contributed by atoms with Crippen molar-refractivity contribution in [2.45, 2.75) is 19.8 Å². The summed E-state index contributed by atoms with van der Waals surface area (Å²) in [5.41, 5.74) is 5.95. The molecule has 1 atom stereocenters. The lowest BCUT2D eigenvalue weighted by atomic mass is 10.1. The van der Waals surface area contributed by atoms with Crippen molar-refractivity contribution in [1.82, 2.24) is 19.9 Å². The number of hydrogen-bond acceptors (Lipinski definition) is 4. The summed E-state index contributed by atoms with van der Waals surface area (Å²) in [6.45, 7) is 3.27. The van der Waals surface area contributed by atoms with Gasteiger partial charge in [-0.05, 0) is 32.6 Å². The summed E-state index contributed by atoms with van der Waals surface area (Å²) < 4.78 is 0.263. The van der Waals surface area contributed by atoms with Crippen LogP contribution in [0.4, 0.5) is 11.4 Å². The molecule has 126 valence electrons. The second-order valence-corrected chi connectivity index (χ2v) is 6.47. The number of carbonyl (C=O) groups excluding carboxylic acids is 1. The van der Waals surface area contributed by atoms with Crippen LogP contribution in [0, 0.1) is 0 Å². The van der Waals surface area contributed by atoms with Crippen molar-refractivity contribution in [2.75, 3.05) is 27.2 Å². The van der Waals surface area contributed by atoms with Crippen molar-refractivity contribution in [2.24, 2.45) is 4.99 Å². The van der Waals surface area contributed by atoms with E-state index in [-0.39, 0.29) is 10.5 Å². The Kier molecular flexibility index (Phi) is 4.59. The SMILES string of the molecule is CCCC[N+]1(NC(=O)CN(C)C)C=Nc2cnc3ccccc3c21. The van der Waals surface area contributed by atoms with Gasteiger partial charge in [-0.3, -0.25) is 9.78 Å². The summed E-state index contributed by atoms with van der Waals surface area (Å²) in [6, 6.07) is 8.01. The molecule has 0 saturated carbocycles. The number of unbranched alkanes of at least 4 members (excludes halogenated alkanes) is 1. The fourth-order valence-electron chi connectivity index (χ4n) is 3.11. The molecule has 1 aliphatic rings. The first-order chi connectivity index (χ1) is 11.6. The summed E-state index contributed by atoms with van der Waals surface area (Å²) in [4.78, 5) is 23.4. The lowest BCUT2D eigenvalue weighted by molar-refractivity contribution is -0.124. The van der Waals surface area contributed by atoms with Crippen molar-refractivity contribution in [3.05, 3.63) is 30.5 Å². The highest BCUT2D eigenvalue weighted by molar-refractivity contribution is 6.04. The summed E-state index contributed by atoms with van der Waals surface area (Å²) in [5, 5.41) is 1.04. The fourth-order valence-corrected chi connectivity index (χ4v) is 3.11. The fraction of sp³-hybridized carbons (Fsp3) is 0.389. The summed E-state index contributed by atoms with van der Waals surface area (Å²) in [5.74, 6) is -0.0173. The van der Waals surface area contributed by atoms with Crippen LogP contribution < -0.4 is 10.0 Å². The van der Waals surface area contributed by atoms with Gasteiger partial charge in [-0.25, -0.2) is 0 Å². The van der Waals surface area contributed by atoms with Crippen LogP contribution in [0.2, 0.25) is 0 Å². The standard InChI is InChI=1S/C18H23N5O/c1-4-5-10-23(21-17(24)12-22(2)3)13-20-16-11-19-15-9-7-6-8-14(15)18(16)23/h6-9,11,13H,4-5,10,12H2,1-3H3/p+1. The number of nitrogens with one attached hydrogen (secondary N) is 1. The number of pyridine rings is 1. The molecule has 1 unspecified atom stereocenters. The first-order valence-electron chi connectivity index (χ1n) is 8.33. The zero-order chi connectivity index (χ0) is 17.2. The summed E-state index contributed by atoms with van der Waals surface area (Å²) >= 11 is 0. The maximum absolute atomic E-state index is 12.5. The molecule has 2 aromatic rings. The Bertz CT molecular complexity index is 786. The minimum Gasteiger partial charge on any atom is -0.301 e. The van der Waals surface area contributed by atoms with E-state index in [1.807, 2.05) is 49.6 Å². The van der Waals surface area contributed by atoms with Crippen molar-refractivity contribution in [3.63, 3.8) is 0 Å². The predicted molar refractivity (Wildman–Crippen MR) is 98.2 cm³/mol. The molecule has 0 fully saturated rings. The van der Waals surface area contributed by atoms with Crippen molar-refractivity contribution < 1.29 is 4.79 Å². The number of benzene rings is 1. The van der Waals surface area contributed by atoms with E-state index in [9.17, 15) is 4.79 Å². The molecule has 6 heteroatoms. The molecule has 1 aliphatic heterocycles. The van der Waals surface area contributed by atoms with Crippen LogP contribution in [0.3, 0.4) is 0 Å². The lowest BCUT2D eigenvalue weighted by Gasteiger charge is -2.31. The molecule has 1 N–H and O–H groups in total. The van der Waals surface area contributed by atoms with Gasteiger partial charge in [0.2, 0.25) is 12.0 Å². The maximum atomic E-state index is 12.5. The monoisotopic (exact) mass is 326 g/mol. The second-order valence-electron chi connectivity index (χ2n) is 6.47. The Morgan fingerprint density at radius 3 is 2.83 bits per heavy atom. The van der Waals surface area contributed by atoms with Gasteiger partial charge in [0.05, 0.1) is 23.6 Å². The number of hydrogen-bond donors (Lipinski definition) is 1. The van der Waals surface area contributed by atoms with Gasteiger partial charge in [0, 0.05) is 0 Å². The van der Waals surface area contributed by atoms with Crippen molar-refractivity contribution in [1.29, 1.82) is 0 Å². The summed E-state index contributed by atoms with van der Waals surface area (Å²) in [7, 11) is 3.78. The highest BCUT2D eigenvalue weighted by atomic mass is 16.2. The molecule has 0 aliphatic carbocycles. The Morgan fingerprint density at radius 2 is 2.08 bits per heavy atom. The molecular formula is C18H24N5O+. The number of likely N-dealkylation sites (N-methyl/N-ethyl adjacent to an activating group) is 1. The molecule has 0 saturated heterocycles. The molecule has 0 bridgehead atoms. The summed E-state index contributed by atoms with van der Waals surface area (Å²) in [6.07, 6.45) is 5.67. The van der Waals surface area contributed by atoms with Crippen LogP contribution in [-0.4, -0.2) is 49.3 Å². The molecule has 1 amide bonds. The van der Waals surface area contributed by atoms with E-state index in [4.69, 9.17) is 0 Å². The van der Waals surface area contributed by atoms with Gasteiger partial charge >= 0.3 is 0 Å². The molecular weight excluding hydrogens is 302 g/mol. The number of para-hydroxylation sites is 1. The van der Waals surface area contributed by atoms with Gasteiger partial charge in [0.25, 0.3) is 5.91 Å². The topological polar surface area (TPSA) is 57.6 Å². The number of aliphatic imine (C=N–C) groups is 1. The van der Waals surface area contributed by atoms with Gasteiger partial charge in [0.1, 0.15) is 6.54 Å². The molecule has 0 radical (unpaired) electrons. The minimum absolute atomic E-state index is 0.0173. The maximum Gasteiger partial charge on any atom is 0.279 e. The highest BCUT2D eigenvalue weighted by Gasteiger charge is 2.40. The van der Waals surface area contributed by atoms with E-state index in [0.717, 1.165) is 41.7 Å². The van der Waals surface area contributed by atoms with Gasteiger partial charge in [-0.1, -0.05) is 25.5 Å². The minimum atomic E-state index is -0.0173. The van der Waals surface area contributed by atoms with Crippen LogP contribution >= 0.6 is 0 Å². The first kappa shape index (κ1) is 16.5. The number of fused-ring (bicyclic) bond motifs is 3. The van der Waals surface area contributed by atoms with Crippen molar-refractivity contribution in [3.8, 4) is 0 Å². The van der Waals surface area contributed by atoms with Crippen molar-refractivity contribution >= 4 is 34.5 Å². The molecule has 6 nitrogen and oxygen atoms in total. The Hall–Kier alpha value is -2.31. The third-order valence-electron chi connectivity index (χ3n) is 4.17. The third kappa shape index (κ3) is 3.02. The molecule has 24 heavy (non-hydrogen) atoms. The average Bonchev–Trinajstić information content (AvgIpc) is 2.91. The average molecular weight is 326 g/mol. The first-order valence-corrected chi connectivity index (χ1v) is 8.33. The van der Waals surface area contributed by atoms with Crippen LogP contribution in [0.15, 0.2) is 35.5 Å². The number of nitrogens with zero attached hydrogens (tertiary/aromatic N) is 4. The molecule has 2 heterocycles. The van der Waals surface area contributed by atoms with Crippen LogP contribution in [0.25, 0.3) is 10.9 Å². The smallest absolute Gasteiger partial charge is 0.279 e. The molecule has 0 spiro atoms. The van der Waals surface area contributed by atoms with E-state index >= 15 is 0 Å². The second kappa shape index (κ2) is 6.67. The van der Waals surface area contributed by atoms with Crippen LogP contribution in [0.1, 0.15) is 19.8 Å². The number of carbonyl (C=O) groups is 1. The van der Waals surface area contributed by atoms with E-state index in [2.05, 4.69) is 22.3 Å². The van der Waals surface area contributed by atoms with Gasteiger partial charge in [-0.2, -0.15) is 10.4 Å². The van der Waals surface area contributed by atoms with E-state index in [1.54, 1.807) is 6.20 Å². The number of amides is 1. The zero-order valence-electron chi connectivity index (χ0n) is 14.5. The molecule has 3 rings (SSSR count). The van der Waals surface area contributed by atoms with Gasteiger partial charge < -0.3 is 4.90 Å². The Balaban J connectivity index is 2.07. The van der Waals surface area contributed by atoms with Crippen LogP contribution in [-0.2, 0) is 4.79 Å². The molecule has 1 aromatic carbocycles. The van der Waals surface area contributed by atoms with Gasteiger partial charge in [0.15, 0.2) is 5.69 Å². The van der Waals surface area contributed by atoms with Crippen LogP contribution in [0.5, 0.6) is 0 Å². The number of rotatable bonds is 6. The normalized spacial score (nSPS) is 19.0. The largest absolute Gasteiger partial charge is 0.301 e.